The Hall–Kier alpha value is -3.85. The van der Waals surface area contributed by atoms with Crippen LogP contribution in [0.15, 0.2) is 57.8 Å². The second kappa shape index (κ2) is 10.3. The van der Waals surface area contributed by atoms with Gasteiger partial charge in [-0.25, -0.2) is 4.79 Å². The van der Waals surface area contributed by atoms with Gasteiger partial charge in [-0.05, 0) is 50.3 Å². The van der Waals surface area contributed by atoms with Gasteiger partial charge in [-0.2, -0.15) is 0 Å². The molecular weight excluding hydrogens is 496 g/mol. The summed E-state index contributed by atoms with van der Waals surface area (Å²) in [5, 5.41) is 20.3. The fourth-order valence-corrected chi connectivity index (χ4v) is 5.63. The van der Waals surface area contributed by atoms with E-state index in [1.807, 2.05) is 36.4 Å². The molecule has 0 spiro atoms. The highest BCUT2D eigenvalue weighted by Crippen LogP contribution is 2.35. The van der Waals surface area contributed by atoms with Crippen LogP contribution in [0.5, 0.6) is 0 Å². The number of carboxylic acid groups (broad SMARTS) is 1. The van der Waals surface area contributed by atoms with Crippen LogP contribution in [0.2, 0.25) is 5.02 Å². The number of amides is 2. The highest BCUT2D eigenvalue weighted by atomic mass is 35.5. The molecule has 0 saturated heterocycles. The Morgan fingerprint density at radius 1 is 1.16 bits per heavy atom. The Morgan fingerprint density at radius 3 is 2.70 bits per heavy atom. The summed E-state index contributed by atoms with van der Waals surface area (Å²) < 4.78 is 7.10. The first-order chi connectivity index (χ1) is 17.8. The number of carbonyl (C=O) groups is 2. The molecule has 5 rings (SSSR count). The van der Waals surface area contributed by atoms with Crippen molar-refractivity contribution in [3.8, 4) is 0 Å². The third-order valence-corrected chi connectivity index (χ3v) is 7.35. The molecule has 1 aliphatic rings. The molecule has 0 bridgehead atoms. The van der Waals surface area contributed by atoms with Gasteiger partial charge in [0.25, 0.3) is 5.56 Å². The summed E-state index contributed by atoms with van der Waals surface area (Å²) in [6, 6.07) is 13.3. The number of rotatable bonds is 6. The molecule has 1 aliphatic carbocycles. The number of aromatic nitrogens is 2. The van der Waals surface area contributed by atoms with Crippen LogP contribution in [-0.4, -0.2) is 38.9 Å². The predicted octanol–water partition coefficient (Wildman–Crippen LogP) is 4.58. The van der Waals surface area contributed by atoms with Gasteiger partial charge in [0.05, 0.1) is 10.5 Å². The number of pyridine rings is 1. The molecule has 3 atom stereocenters. The largest absolute Gasteiger partial charge is 0.465 e. The van der Waals surface area contributed by atoms with Crippen molar-refractivity contribution in [1.82, 2.24) is 20.4 Å². The summed E-state index contributed by atoms with van der Waals surface area (Å²) >= 11 is 6.54. The Labute approximate surface area is 217 Å². The average Bonchev–Trinajstić information content (AvgIpc) is 3.26. The van der Waals surface area contributed by atoms with Crippen molar-refractivity contribution >= 4 is 45.4 Å². The summed E-state index contributed by atoms with van der Waals surface area (Å²) in [5.41, 5.74) is 1.77. The molecule has 3 unspecified atom stereocenters. The van der Waals surface area contributed by atoms with Gasteiger partial charge in [-0.1, -0.05) is 53.2 Å². The number of aryl methyl sites for hydroxylation is 1. The van der Waals surface area contributed by atoms with Gasteiger partial charge >= 0.3 is 6.09 Å². The zero-order valence-corrected chi connectivity index (χ0v) is 21.0. The second-order valence-electron chi connectivity index (χ2n) is 9.49. The van der Waals surface area contributed by atoms with E-state index in [-0.39, 0.29) is 30.0 Å². The molecule has 2 amide bonds. The number of hydrogen-bond donors (Lipinski definition) is 3. The van der Waals surface area contributed by atoms with Crippen molar-refractivity contribution in [3.05, 3.63) is 75.2 Å². The smallest absolute Gasteiger partial charge is 0.405 e. The first-order valence-corrected chi connectivity index (χ1v) is 12.6. The summed E-state index contributed by atoms with van der Waals surface area (Å²) in [5.74, 6) is 0.0437. The normalized spacial score (nSPS) is 18.5. The lowest BCUT2D eigenvalue weighted by atomic mass is 9.89. The zero-order chi connectivity index (χ0) is 26.1. The van der Waals surface area contributed by atoms with Crippen LogP contribution in [0.4, 0.5) is 4.79 Å². The first kappa shape index (κ1) is 24.8. The van der Waals surface area contributed by atoms with Gasteiger partial charge in [-0.3, -0.25) is 9.59 Å². The van der Waals surface area contributed by atoms with Crippen molar-refractivity contribution in [3.63, 3.8) is 0 Å². The third kappa shape index (κ3) is 4.91. The number of halogens is 1. The standard InChI is InChI=1S/C27H27ClN4O5/c1-15-22-24(31-37-15)23-19(28)11-6-12-21(23)32(26(22)34)18-10-5-9-17(14-18)29-25(33)20(30-27(35)36)13-16-7-3-2-4-8-16/h2-4,6-8,11-12,17-18,20,30H,5,9-10,13-14H2,1H3,(H,29,33)(H,35,36). The molecule has 2 aromatic heterocycles. The lowest BCUT2D eigenvalue weighted by Crippen LogP contribution is -2.51. The Bertz CT molecular complexity index is 1530. The minimum Gasteiger partial charge on any atom is -0.465 e. The van der Waals surface area contributed by atoms with Crippen LogP contribution >= 0.6 is 11.6 Å². The van der Waals surface area contributed by atoms with Crippen molar-refractivity contribution in [2.45, 2.75) is 57.2 Å². The SMILES string of the molecule is Cc1onc2c1c(=O)n(C1CCCC(NC(=O)C(Cc3ccccc3)NC(=O)O)C1)c1cccc(Cl)c21. The molecule has 0 aliphatic heterocycles. The molecular formula is C27H27ClN4O5. The van der Waals surface area contributed by atoms with Crippen LogP contribution in [0.3, 0.4) is 0 Å². The molecule has 192 valence electrons. The third-order valence-electron chi connectivity index (χ3n) is 7.04. The number of hydrogen-bond acceptors (Lipinski definition) is 5. The fraction of sp³-hybridized carbons (Fsp3) is 0.333. The van der Waals surface area contributed by atoms with E-state index in [2.05, 4.69) is 15.8 Å². The van der Waals surface area contributed by atoms with Crippen molar-refractivity contribution in [2.75, 3.05) is 0 Å². The Morgan fingerprint density at radius 2 is 1.95 bits per heavy atom. The van der Waals surface area contributed by atoms with Crippen molar-refractivity contribution in [1.29, 1.82) is 0 Å². The molecule has 37 heavy (non-hydrogen) atoms. The molecule has 2 heterocycles. The van der Waals surface area contributed by atoms with Crippen LogP contribution < -0.4 is 16.2 Å². The fourth-order valence-electron chi connectivity index (χ4n) is 5.37. The summed E-state index contributed by atoms with van der Waals surface area (Å²) in [6.45, 7) is 1.70. The molecule has 1 saturated carbocycles. The van der Waals surface area contributed by atoms with Crippen molar-refractivity contribution < 1.29 is 19.2 Å². The van der Waals surface area contributed by atoms with E-state index < -0.39 is 12.1 Å². The first-order valence-electron chi connectivity index (χ1n) is 12.3. The predicted molar refractivity (Wildman–Crippen MR) is 140 cm³/mol. The van der Waals surface area contributed by atoms with Crippen LogP contribution in [0.25, 0.3) is 21.8 Å². The zero-order valence-electron chi connectivity index (χ0n) is 20.2. The van der Waals surface area contributed by atoms with Crippen LogP contribution in [-0.2, 0) is 11.2 Å². The molecule has 3 N–H and O–H groups in total. The highest BCUT2D eigenvalue weighted by molar-refractivity contribution is 6.37. The van der Waals surface area contributed by atoms with Crippen LogP contribution in [0, 0.1) is 6.92 Å². The van der Waals surface area contributed by atoms with Gasteiger partial charge in [0.15, 0.2) is 0 Å². The molecule has 1 fully saturated rings. The highest BCUT2D eigenvalue weighted by Gasteiger charge is 2.30. The average molecular weight is 523 g/mol. The molecule has 4 aromatic rings. The van der Waals surface area contributed by atoms with Gasteiger partial charge in [0.2, 0.25) is 5.91 Å². The van der Waals surface area contributed by atoms with E-state index in [1.54, 1.807) is 23.6 Å². The number of nitrogens with zero attached hydrogens (tertiary/aromatic N) is 2. The maximum atomic E-state index is 13.7. The van der Waals surface area contributed by atoms with E-state index >= 15 is 0 Å². The quantitative estimate of drug-likeness (QED) is 0.340. The molecule has 2 aromatic carbocycles. The second-order valence-corrected chi connectivity index (χ2v) is 9.90. The van der Waals surface area contributed by atoms with Crippen molar-refractivity contribution in [2.24, 2.45) is 0 Å². The Balaban J connectivity index is 1.43. The van der Waals surface area contributed by atoms with E-state index in [1.165, 1.54) is 0 Å². The van der Waals surface area contributed by atoms with Gasteiger partial charge in [0.1, 0.15) is 22.7 Å². The lowest BCUT2D eigenvalue weighted by Gasteiger charge is -2.32. The van der Waals surface area contributed by atoms with Gasteiger partial charge < -0.3 is 24.8 Å². The Kier molecular flexibility index (Phi) is 6.88. The minimum absolute atomic E-state index is 0.189. The molecule has 0 radical (unpaired) electrons. The minimum atomic E-state index is -1.26. The summed E-state index contributed by atoms with van der Waals surface area (Å²) in [7, 11) is 0. The van der Waals surface area contributed by atoms with E-state index in [0.29, 0.717) is 39.0 Å². The topological polar surface area (TPSA) is 126 Å². The molecule has 9 nitrogen and oxygen atoms in total. The van der Waals surface area contributed by atoms with Gasteiger partial charge in [0, 0.05) is 23.9 Å². The monoisotopic (exact) mass is 522 g/mol. The molecule has 10 heteroatoms. The van der Waals surface area contributed by atoms with E-state index in [0.717, 1.165) is 24.8 Å². The maximum absolute atomic E-state index is 13.7. The maximum Gasteiger partial charge on any atom is 0.405 e. The number of carbonyl (C=O) groups excluding carboxylic acids is 1. The van der Waals surface area contributed by atoms with E-state index in [4.69, 9.17) is 16.1 Å². The van der Waals surface area contributed by atoms with E-state index in [9.17, 15) is 19.5 Å². The van der Waals surface area contributed by atoms with Gasteiger partial charge in [-0.15, -0.1) is 0 Å². The lowest BCUT2D eigenvalue weighted by molar-refractivity contribution is -0.124. The summed E-state index contributed by atoms with van der Waals surface area (Å²) in [4.78, 5) is 38.2. The number of benzene rings is 2. The summed E-state index contributed by atoms with van der Waals surface area (Å²) in [6.07, 6.45) is 1.78. The van der Waals surface area contributed by atoms with Crippen LogP contribution in [0.1, 0.15) is 43.0 Å². The number of nitrogens with one attached hydrogen (secondary N) is 2. The number of fused-ring (bicyclic) bond motifs is 3.